The largest absolute Gasteiger partial charge is 0.493 e. The monoisotopic (exact) mass is 662 g/mol. The lowest BCUT2D eigenvalue weighted by atomic mass is 9.71. The Balaban J connectivity index is 1.75. The highest BCUT2D eigenvalue weighted by atomic mass is 35.5. The van der Waals surface area contributed by atoms with E-state index >= 15 is 4.79 Å². The van der Waals surface area contributed by atoms with Gasteiger partial charge in [-0.25, -0.2) is 4.79 Å². The number of hydrogen-bond acceptors (Lipinski definition) is 4. The SMILES string of the molecule is CCOc1cc(C(C)(C)C)ccc1C1=N[C@@](C)(c2ccc(Cl)cc2)[C@@](C)(c2ccc(Cl)cc2)N1C(=O)N1CCN(C(C)(C)C)CC1. The van der Waals surface area contributed by atoms with Crippen molar-refractivity contribution in [3.05, 3.63) is 99.0 Å². The van der Waals surface area contributed by atoms with Crippen LogP contribution in [0.3, 0.4) is 0 Å². The van der Waals surface area contributed by atoms with E-state index in [2.05, 4.69) is 78.5 Å². The summed E-state index contributed by atoms with van der Waals surface area (Å²) in [6, 6.07) is 21.8. The van der Waals surface area contributed by atoms with Gasteiger partial charge in [-0.3, -0.25) is 14.8 Å². The van der Waals surface area contributed by atoms with Crippen molar-refractivity contribution in [3.8, 4) is 5.75 Å². The Hall–Kier alpha value is -3.06. The number of hydrogen-bond donors (Lipinski definition) is 0. The molecule has 3 aromatic carbocycles. The molecule has 46 heavy (non-hydrogen) atoms. The number of amides is 2. The molecule has 0 aliphatic carbocycles. The number of carbonyl (C=O) groups is 1. The van der Waals surface area contributed by atoms with Crippen LogP contribution in [0.15, 0.2) is 71.7 Å². The number of aliphatic imine (C=N–C) groups is 1. The Labute approximate surface area is 285 Å². The molecule has 1 fully saturated rings. The number of rotatable bonds is 5. The first kappa shape index (κ1) is 34.3. The molecule has 246 valence electrons. The summed E-state index contributed by atoms with van der Waals surface area (Å²) in [6.45, 7) is 22.8. The summed E-state index contributed by atoms with van der Waals surface area (Å²) >= 11 is 12.8. The molecule has 1 saturated heterocycles. The summed E-state index contributed by atoms with van der Waals surface area (Å²) in [4.78, 5) is 27.0. The number of nitrogens with zero attached hydrogens (tertiary/aromatic N) is 4. The molecule has 2 aliphatic heterocycles. The van der Waals surface area contributed by atoms with E-state index in [1.165, 1.54) is 0 Å². The Morgan fingerprint density at radius 3 is 1.87 bits per heavy atom. The Kier molecular flexibility index (Phi) is 9.33. The van der Waals surface area contributed by atoms with E-state index in [1.807, 2.05) is 65.3 Å². The van der Waals surface area contributed by atoms with Crippen LogP contribution in [0.4, 0.5) is 4.79 Å². The van der Waals surface area contributed by atoms with E-state index in [4.69, 9.17) is 32.9 Å². The number of halogens is 2. The fraction of sp³-hybridized carbons (Fsp3) is 0.474. The van der Waals surface area contributed by atoms with Gasteiger partial charge in [0.15, 0.2) is 0 Å². The lowest BCUT2D eigenvalue weighted by Crippen LogP contribution is -2.62. The number of ether oxygens (including phenoxy) is 1. The van der Waals surface area contributed by atoms with Crippen molar-refractivity contribution in [3.63, 3.8) is 0 Å². The fourth-order valence-electron chi connectivity index (χ4n) is 6.73. The summed E-state index contributed by atoms with van der Waals surface area (Å²) in [5.74, 6) is 1.30. The topological polar surface area (TPSA) is 48.4 Å². The van der Waals surface area contributed by atoms with Gasteiger partial charge in [-0.2, -0.15) is 0 Å². The number of piperazine rings is 1. The number of carbonyl (C=O) groups excluding carboxylic acids is 1. The Morgan fingerprint density at radius 1 is 0.826 bits per heavy atom. The van der Waals surface area contributed by atoms with E-state index < -0.39 is 11.1 Å². The molecule has 6 nitrogen and oxygen atoms in total. The molecule has 0 spiro atoms. The van der Waals surface area contributed by atoms with E-state index in [9.17, 15) is 0 Å². The van der Waals surface area contributed by atoms with Crippen LogP contribution < -0.4 is 4.74 Å². The predicted molar refractivity (Wildman–Crippen MR) is 191 cm³/mol. The molecule has 2 heterocycles. The third kappa shape index (κ3) is 6.16. The molecule has 8 heteroatoms. The Bertz CT molecular complexity index is 1600. The third-order valence-corrected chi connectivity index (χ3v) is 10.3. The van der Waals surface area contributed by atoms with Gasteiger partial charge in [0.05, 0.1) is 12.2 Å². The molecule has 0 saturated carbocycles. The standard InChI is InChI=1S/C38H48Cl2N4O2/c1-10-46-32-25-28(35(2,3)4)15-20-31(32)33-41-37(8,26-11-16-29(39)17-12-26)38(9,27-13-18-30(40)19-14-27)44(33)34(45)42-21-23-43(24-22-42)36(5,6)7/h11-20,25H,10,21-24H2,1-9H3/t37-,38+/m0/s1. The van der Waals surface area contributed by atoms with Crippen LogP contribution in [0, 0.1) is 0 Å². The molecule has 0 aromatic heterocycles. The van der Waals surface area contributed by atoms with Gasteiger partial charge in [0, 0.05) is 41.8 Å². The molecule has 0 N–H and O–H groups in total. The van der Waals surface area contributed by atoms with Gasteiger partial charge in [0.2, 0.25) is 0 Å². The van der Waals surface area contributed by atoms with Crippen molar-refractivity contribution in [1.82, 2.24) is 14.7 Å². The second kappa shape index (κ2) is 12.5. The molecule has 3 aromatic rings. The number of urea groups is 1. The van der Waals surface area contributed by atoms with Crippen LogP contribution in [0.25, 0.3) is 0 Å². The van der Waals surface area contributed by atoms with E-state index in [0.717, 1.165) is 35.3 Å². The average Bonchev–Trinajstić information content (AvgIpc) is 3.24. The van der Waals surface area contributed by atoms with Gasteiger partial charge in [0.1, 0.15) is 22.7 Å². The maximum atomic E-state index is 15.1. The minimum Gasteiger partial charge on any atom is -0.493 e. The van der Waals surface area contributed by atoms with Crippen LogP contribution in [-0.2, 0) is 16.5 Å². The molecular formula is C38H48Cl2N4O2. The zero-order valence-electron chi connectivity index (χ0n) is 28.7. The van der Waals surface area contributed by atoms with Gasteiger partial charge in [-0.05, 0) is 100 Å². The maximum absolute atomic E-state index is 15.1. The summed E-state index contributed by atoms with van der Waals surface area (Å²) in [7, 11) is 0. The molecule has 2 atom stereocenters. The van der Waals surface area contributed by atoms with Crippen LogP contribution >= 0.6 is 23.2 Å². The highest BCUT2D eigenvalue weighted by Crippen LogP contribution is 2.54. The second-order valence-electron chi connectivity index (χ2n) is 14.8. The van der Waals surface area contributed by atoms with Crippen molar-refractivity contribution < 1.29 is 9.53 Å². The van der Waals surface area contributed by atoms with Gasteiger partial charge >= 0.3 is 6.03 Å². The first-order valence-electron chi connectivity index (χ1n) is 16.2. The van der Waals surface area contributed by atoms with Gasteiger partial charge in [0.25, 0.3) is 0 Å². The molecule has 2 amide bonds. The summed E-state index contributed by atoms with van der Waals surface area (Å²) in [5.41, 5.74) is 1.93. The van der Waals surface area contributed by atoms with Crippen LogP contribution in [0.2, 0.25) is 10.0 Å². The fourth-order valence-corrected chi connectivity index (χ4v) is 6.98. The zero-order valence-corrected chi connectivity index (χ0v) is 30.3. The van der Waals surface area contributed by atoms with Gasteiger partial charge in [-0.1, -0.05) is 74.3 Å². The van der Waals surface area contributed by atoms with Crippen LogP contribution in [0.1, 0.15) is 84.6 Å². The smallest absolute Gasteiger partial charge is 0.326 e. The van der Waals surface area contributed by atoms with Crippen molar-refractivity contribution in [1.29, 1.82) is 0 Å². The summed E-state index contributed by atoms with van der Waals surface area (Å²) in [6.07, 6.45) is 0. The normalized spacial score (nSPS) is 22.6. The summed E-state index contributed by atoms with van der Waals surface area (Å²) in [5, 5.41) is 1.27. The molecular weight excluding hydrogens is 615 g/mol. The van der Waals surface area contributed by atoms with E-state index in [1.54, 1.807) is 0 Å². The van der Waals surface area contributed by atoms with Crippen molar-refractivity contribution >= 4 is 35.1 Å². The molecule has 0 unspecified atom stereocenters. The maximum Gasteiger partial charge on any atom is 0.326 e. The highest BCUT2D eigenvalue weighted by molar-refractivity contribution is 6.30. The van der Waals surface area contributed by atoms with E-state index in [0.29, 0.717) is 41.3 Å². The average molecular weight is 664 g/mol. The molecule has 0 bridgehead atoms. The molecule has 5 rings (SSSR count). The first-order valence-corrected chi connectivity index (χ1v) is 17.0. The minimum absolute atomic E-state index is 0.0293. The highest BCUT2D eigenvalue weighted by Gasteiger charge is 2.60. The summed E-state index contributed by atoms with van der Waals surface area (Å²) < 4.78 is 6.32. The van der Waals surface area contributed by atoms with Crippen molar-refractivity contribution in [2.75, 3.05) is 32.8 Å². The lowest BCUT2D eigenvalue weighted by Gasteiger charge is -2.48. The van der Waals surface area contributed by atoms with Gasteiger partial charge in [-0.15, -0.1) is 0 Å². The minimum atomic E-state index is -0.939. The number of amidine groups is 1. The molecule has 0 radical (unpaired) electrons. The molecule has 2 aliphatic rings. The third-order valence-electron chi connectivity index (χ3n) is 9.83. The Morgan fingerprint density at radius 2 is 1.37 bits per heavy atom. The second-order valence-corrected chi connectivity index (χ2v) is 15.6. The van der Waals surface area contributed by atoms with Crippen molar-refractivity contribution in [2.24, 2.45) is 4.99 Å². The lowest BCUT2D eigenvalue weighted by molar-refractivity contribution is 0.0551. The van der Waals surface area contributed by atoms with Crippen LogP contribution in [-0.4, -0.2) is 64.9 Å². The predicted octanol–water partition coefficient (Wildman–Crippen LogP) is 9.12. The zero-order chi connectivity index (χ0) is 33.7. The number of benzene rings is 3. The first-order chi connectivity index (χ1) is 21.5. The van der Waals surface area contributed by atoms with Crippen molar-refractivity contribution in [2.45, 2.75) is 84.3 Å². The van der Waals surface area contributed by atoms with E-state index in [-0.39, 0.29) is 17.0 Å². The van der Waals surface area contributed by atoms with Crippen LogP contribution in [0.5, 0.6) is 5.75 Å². The van der Waals surface area contributed by atoms with Gasteiger partial charge < -0.3 is 9.64 Å². The quantitative estimate of drug-likeness (QED) is 0.274.